The fraction of sp³-hybridized carbons (Fsp3) is 1.00. The molecule has 1 aliphatic carbocycles. The van der Waals surface area contributed by atoms with Crippen molar-refractivity contribution < 1.29 is 25.5 Å². The molecule has 0 aromatic heterocycles. The lowest BCUT2D eigenvalue weighted by molar-refractivity contribution is -0.362. The molecular formula is C13H23FO4. The van der Waals surface area contributed by atoms with Crippen molar-refractivity contribution in [1.29, 1.82) is 0 Å². The largest absolute Gasteiger partial charge is 0.384 e. The van der Waals surface area contributed by atoms with Gasteiger partial charge in [0, 0.05) is 7.85 Å². The van der Waals surface area contributed by atoms with Gasteiger partial charge in [-0.15, -0.1) is 0 Å². The molecule has 4 nitrogen and oxygen atoms in total. The van der Waals surface area contributed by atoms with Crippen LogP contribution in [-0.2, 0) is 9.47 Å². The molecular weight excluding hydrogens is 239 g/mol. The van der Waals surface area contributed by atoms with Crippen molar-refractivity contribution in [1.82, 2.24) is 0 Å². The third-order valence-electron chi connectivity index (χ3n) is 5.03. The molecule has 3 rings (SSSR count). The first-order valence-corrected chi connectivity index (χ1v) is 6.87. The fourth-order valence-corrected chi connectivity index (χ4v) is 4.04. The SMILES string of the molecule is C[C@@H]1CC[C@H]2C[C@H](F)OC3O[C@H](O)CC[C@@H]1[C@]32O.[HH]. The van der Waals surface area contributed by atoms with E-state index >= 15 is 0 Å². The lowest BCUT2D eigenvalue weighted by atomic mass is 9.61. The van der Waals surface area contributed by atoms with Crippen LogP contribution < -0.4 is 0 Å². The van der Waals surface area contributed by atoms with Crippen molar-refractivity contribution in [3.63, 3.8) is 0 Å². The van der Waals surface area contributed by atoms with Crippen molar-refractivity contribution >= 4 is 0 Å². The predicted octanol–water partition coefficient (Wildman–Crippen LogP) is 1.80. The highest BCUT2D eigenvalue weighted by Crippen LogP contribution is 2.52. The van der Waals surface area contributed by atoms with Gasteiger partial charge in [-0.05, 0) is 43.4 Å². The van der Waals surface area contributed by atoms with Gasteiger partial charge in [-0.1, -0.05) is 6.92 Å². The Bertz CT molecular complexity index is 332. The van der Waals surface area contributed by atoms with Crippen LogP contribution in [0.5, 0.6) is 0 Å². The summed E-state index contributed by atoms with van der Waals surface area (Å²) in [5.41, 5.74) is -1.14. The third kappa shape index (κ3) is 1.80. The van der Waals surface area contributed by atoms with Crippen molar-refractivity contribution in [3.05, 3.63) is 0 Å². The molecule has 0 bridgehead atoms. The average molecular weight is 262 g/mol. The van der Waals surface area contributed by atoms with E-state index in [4.69, 9.17) is 9.47 Å². The molecule has 5 heteroatoms. The Morgan fingerprint density at radius 3 is 2.78 bits per heavy atom. The van der Waals surface area contributed by atoms with Gasteiger partial charge < -0.3 is 19.7 Å². The van der Waals surface area contributed by atoms with E-state index in [9.17, 15) is 14.6 Å². The number of ether oxygens (including phenoxy) is 2. The molecule has 1 saturated carbocycles. The number of halogens is 1. The molecule has 2 N–H and O–H groups in total. The van der Waals surface area contributed by atoms with Gasteiger partial charge in [0.1, 0.15) is 5.60 Å². The Balaban J connectivity index is 0.00000133. The number of aliphatic hydroxyl groups is 2. The highest BCUT2D eigenvalue weighted by molar-refractivity contribution is 5.04. The van der Waals surface area contributed by atoms with Crippen LogP contribution >= 0.6 is 0 Å². The Morgan fingerprint density at radius 2 is 2.00 bits per heavy atom. The number of aliphatic hydroxyl groups excluding tert-OH is 1. The van der Waals surface area contributed by atoms with E-state index in [0.29, 0.717) is 18.8 Å². The number of alkyl halides is 1. The minimum Gasteiger partial charge on any atom is -0.384 e. The normalized spacial score (nSPS) is 56.7. The molecule has 0 aromatic carbocycles. The molecule has 0 radical (unpaired) electrons. The van der Waals surface area contributed by atoms with Gasteiger partial charge in [0.25, 0.3) is 0 Å². The van der Waals surface area contributed by atoms with E-state index in [2.05, 4.69) is 6.92 Å². The summed E-state index contributed by atoms with van der Waals surface area (Å²) in [7, 11) is 0. The molecule has 0 aromatic rings. The highest BCUT2D eigenvalue weighted by Gasteiger charge is 2.60. The predicted molar refractivity (Wildman–Crippen MR) is 63.2 cm³/mol. The van der Waals surface area contributed by atoms with E-state index in [1.165, 1.54) is 0 Å². The van der Waals surface area contributed by atoms with E-state index in [1.807, 2.05) is 0 Å². The molecule has 0 spiro atoms. The van der Waals surface area contributed by atoms with Crippen molar-refractivity contribution in [2.24, 2.45) is 17.8 Å². The molecule has 2 heterocycles. The number of rotatable bonds is 0. The maximum absolute atomic E-state index is 13.6. The van der Waals surface area contributed by atoms with E-state index < -0.39 is 24.5 Å². The van der Waals surface area contributed by atoms with Gasteiger partial charge in [0.15, 0.2) is 12.6 Å². The minimum absolute atomic E-state index is 0. The molecule has 0 amide bonds. The Morgan fingerprint density at radius 1 is 1.22 bits per heavy atom. The van der Waals surface area contributed by atoms with Gasteiger partial charge in [-0.25, -0.2) is 4.39 Å². The van der Waals surface area contributed by atoms with Crippen LogP contribution in [0.1, 0.15) is 40.5 Å². The van der Waals surface area contributed by atoms with Gasteiger partial charge in [0.05, 0.1) is 0 Å². The van der Waals surface area contributed by atoms with Crippen LogP contribution in [0.3, 0.4) is 0 Å². The molecule has 1 unspecified atom stereocenters. The van der Waals surface area contributed by atoms with Crippen LogP contribution in [0.25, 0.3) is 0 Å². The average Bonchev–Trinajstić information content (AvgIpc) is 2.42. The lowest BCUT2D eigenvalue weighted by Gasteiger charge is -2.53. The zero-order valence-electron chi connectivity index (χ0n) is 10.6. The smallest absolute Gasteiger partial charge is 0.202 e. The number of hydrogen-bond donors (Lipinski definition) is 2. The van der Waals surface area contributed by atoms with Crippen LogP contribution in [0.4, 0.5) is 4.39 Å². The minimum atomic E-state index is -1.40. The first-order valence-electron chi connectivity index (χ1n) is 6.87. The summed E-state index contributed by atoms with van der Waals surface area (Å²) in [6, 6.07) is 0. The van der Waals surface area contributed by atoms with Crippen LogP contribution in [0, 0.1) is 17.8 Å². The highest BCUT2D eigenvalue weighted by atomic mass is 19.1. The quantitative estimate of drug-likeness (QED) is 0.699. The molecule has 7 atom stereocenters. The molecule has 106 valence electrons. The van der Waals surface area contributed by atoms with E-state index in [1.54, 1.807) is 0 Å². The fourth-order valence-electron chi connectivity index (χ4n) is 4.04. The molecule has 3 fully saturated rings. The summed E-state index contributed by atoms with van der Waals surface area (Å²) in [5, 5.41) is 20.7. The molecule has 3 aliphatic rings. The monoisotopic (exact) mass is 262 g/mol. The molecule has 2 aliphatic heterocycles. The Kier molecular flexibility index (Phi) is 3.13. The third-order valence-corrected chi connectivity index (χ3v) is 5.03. The zero-order chi connectivity index (χ0) is 12.9. The lowest BCUT2D eigenvalue weighted by Crippen LogP contribution is -2.63. The summed E-state index contributed by atoms with van der Waals surface area (Å²) in [6.45, 7) is 2.11. The second kappa shape index (κ2) is 4.40. The standard InChI is InChI=1S/C13H21FO4.H2/c1-7-2-3-8-6-10(14)17-12-13(8,16)9(7)4-5-11(15)18-12;/h7-12,15-16H,2-6H2,1H3;1H/t7-,8+,9+,10-,11+,12?,13+;/m1./s1. The summed E-state index contributed by atoms with van der Waals surface area (Å²) in [5.74, 6) is 0.242. The second-order valence-electron chi connectivity index (χ2n) is 6.03. The first-order chi connectivity index (χ1) is 8.51. The summed E-state index contributed by atoms with van der Waals surface area (Å²) < 4.78 is 24.0. The maximum atomic E-state index is 13.6. The molecule has 18 heavy (non-hydrogen) atoms. The molecule has 2 saturated heterocycles. The topological polar surface area (TPSA) is 58.9 Å². The summed E-state index contributed by atoms with van der Waals surface area (Å²) >= 11 is 0. The van der Waals surface area contributed by atoms with Crippen molar-refractivity contribution in [3.8, 4) is 0 Å². The van der Waals surface area contributed by atoms with Gasteiger partial charge in [-0.2, -0.15) is 0 Å². The Hall–Kier alpha value is -0.230. The zero-order valence-corrected chi connectivity index (χ0v) is 10.6. The van der Waals surface area contributed by atoms with Crippen molar-refractivity contribution in [2.75, 3.05) is 0 Å². The van der Waals surface area contributed by atoms with Crippen LogP contribution in [0.2, 0.25) is 0 Å². The summed E-state index contributed by atoms with van der Waals surface area (Å²) in [4.78, 5) is 0. The van der Waals surface area contributed by atoms with Crippen molar-refractivity contribution in [2.45, 2.75) is 63.6 Å². The van der Waals surface area contributed by atoms with Gasteiger partial charge in [0.2, 0.25) is 6.36 Å². The first kappa shape index (κ1) is 12.8. The second-order valence-corrected chi connectivity index (χ2v) is 6.03. The Labute approximate surface area is 108 Å². The van der Waals surface area contributed by atoms with Gasteiger partial charge >= 0.3 is 0 Å². The summed E-state index contributed by atoms with van der Waals surface area (Å²) in [6.07, 6.45) is -0.206. The van der Waals surface area contributed by atoms with E-state index in [-0.39, 0.29) is 19.7 Å². The van der Waals surface area contributed by atoms with Gasteiger partial charge in [-0.3, -0.25) is 0 Å². The van der Waals surface area contributed by atoms with E-state index in [0.717, 1.165) is 12.8 Å². The van der Waals surface area contributed by atoms with Crippen LogP contribution in [-0.4, -0.2) is 34.8 Å². The maximum Gasteiger partial charge on any atom is 0.202 e. The van der Waals surface area contributed by atoms with Crippen LogP contribution in [0.15, 0.2) is 0 Å². The number of hydrogen-bond acceptors (Lipinski definition) is 4.